The molecule has 3 aliphatic heterocycles. The first kappa shape index (κ1) is 19.8. The van der Waals surface area contributed by atoms with Crippen molar-refractivity contribution in [2.45, 2.75) is 25.4 Å². The maximum absolute atomic E-state index is 12.4. The predicted molar refractivity (Wildman–Crippen MR) is 119 cm³/mol. The van der Waals surface area contributed by atoms with Gasteiger partial charge in [-0.1, -0.05) is 0 Å². The number of piperazine rings is 1. The summed E-state index contributed by atoms with van der Waals surface area (Å²) in [4.78, 5) is 35.5. The molecule has 3 aliphatic rings. The number of amides is 1. The van der Waals surface area contributed by atoms with Gasteiger partial charge < -0.3 is 19.9 Å². The van der Waals surface area contributed by atoms with Crippen molar-refractivity contribution in [3.8, 4) is 0 Å². The average Bonchev–Trinajstić information content (AvgIpc) is 3.30. The van der Waals surface area contributed by atoms with Gasteiger partial charge in [-0.2, -0.15) is 0 Å². The van der Waals surface area contributed by atoms with Gasteiger partial charge in [-0.3, -0.25) is 9.69 Å². The molecule has 1 N–H and O–H groups in total. The standard InChI is InChI=1S/C23H27N5O3/c1-31-23(30)17-4-6-18(7-5-17)27-11-9-26(10-12-27)15-16-13-19-21(24-14-16)28-8-2-3-20(28)22(29)25-19/h4-7,13-14,20H,2-3,8-12,15H2,1H3,(H,25,29)/t20-/m0/s1. The van der Waals surface area contributed by atoms with E-state index in [0.29, 0.717) is 5.56 Å². The molecule has 1 aromatic heterocycles. The smallest absolute Gasteiger partial charge is 0.337 e. The number of nitrogens with zero attached hydrogens (tertiary/aromatic N) is 4. The highest BCUT2D eigenvalue weighted by molar-refractivity contribution is 6.03. The number of fused-ring (bicyclic) bond motifs is 3. The van der Waals surface area contributed by atoms with E-state index in [1.807, 2.05) is 30.5 Å². The van der Waals surface area contributed by atoms with Crippen LogP contribution in [0.15, 0.2) is 36.5 Å². The molecule has 2 saturated heterocycles. The fourth-order valence-corrected chi connectivity index (χ4v) is 4.77. The number of carbonyl (C=O) groups is 2. The third-order valence-electron chi connectivity index (χ3n) is 6.44. The van der Waals surface area contributed by atoms with Crippen molar-refractivity contribution in [2.75, 3.05) is 55.0 Å². The van der Waals surface area contributed by atoms with Crippen molar-refractivity contribution in [1.82, 2.24) is 9.88 Å². The number of nitrogens with one attached hydrogen (secondary N) is 1. The number of anilines is 3. The highest BCUT2D eigenvalue weighted by Crippen LogP contribution is 2.35. The van der Waals surface area contributed by atoms with Crippen LogP contribution in [0.3, 0.4) is 0 Å². The number of hydrogen-bond acceptors (Lipinski definition) is 7. The maximum atomic E-state index is 12.4. The van der Waals surface area contributed by atoms with Crippen molar-refractivity contribution in [1.29, 1.82) is 0 Å². The summed E-state index contributed by atoms with van der Waals surface area (Å²) >= 11 is 0. The molecule has 2 fully saturated rings. The lowest BCUT2D eigenvalue weighted by molar-refractivity contribution is -0.117. The third-order valence-corrected chi connectivity index (χ3v) is 6.44. The number of rotatable bonds is 4. The number of ether oxygens (including phenoxy) is 1. The SMILES string of the molecule is COC(=O)c1ccc(N2CCN(Cc3cnc4c(c3)NC(=O)[C@@H]3CCCN43)CC2)cc1. The quantitative estimate of drug-likeness (QED) is 0.758. The molecule has 0 unspecified atom stereocenters. The van der Waals surface area contributed by atoms with Crippen LogP contribution < -0.4 is 15.1 Å². The monoisotopic (exact) mass is 421 g/mol. The van der Waals surface area contributed by atoms with E-state index in [9.17, 15) is 9.59 Å². The molecule has 0 saturated carbocycles. The van der Waals surface area contributed by atoms with Gasteiger partial charge in [-0.25, -0.2) is 9.78 Å². The Morgan fingerprint density at radius 2 is 1.94 bits per heavy atom. The summed E-state index contributed by atoms with van der Waals surface area (Å²) in [5, 5.41) is 3.05. The first-order valence-electron chi connectivity index (χ1n) is 10.8. The van der Waals surface area contributed by atoms with E-state index in [1.165, 1.54) is 7.11 Å². The van der Waals surface area contributed by atoms with Crippen LogP contribution >= 0.6 is 0 Å². The topological polar surface area (TPSA) is 78.0 Å². The maximum Gasteiger partial charge on any atom is 0.337 e. The highest BCUT2D eigenvalue weighted by atomic mass is 16.5. The Balaban J connectivity index is 1.20. The normalized spacial score (nSPS) is 20.8. The van der Waals surface area contributed by atoms with E-state index in [-0.39, 0.29) is 17.9 Å². The number of benzene rings is 1. The lowest BCUT2D eigenvalue weighted by Crippen LogP contribution is -2.46. The Morgan fingerprint density at radius 1 is 1.16 bits per heavy atom. The van der Waals surface area contributed by atoms with Crippen LogP contribution in [-0.4, -0.2) is 67.6 Å². The van der Waals surface area contributed by atoms with Crippen LogP contribution in [0.4, 0.5) is 17.2 Å². The van der Waals surface area contributed by atoms with E-state index in [0.717, 1.165) is 74.9 Å². The number of aromatic nitrogens is 1. The Hall–Kier alpha value is -3.13. The number of hydrogen-bond donors (Lipinski definition) is 1. The number of pyridine rings is 1. The number of carbonyl (C=O) groups excluding carboxylic acids is 2. The molecule has 1 atom stereocenters. The van der Waals surface area contributed by atoms with Gasteiger partial charge in [0.2, 0.25) is 5.91 Å². The molecule has 1 aromatic carbocycles. The number of esters is 1. The molecule has 4 heterocycles. The van der Waals surface area contributed by atoms with Crippen molar-refractivity contribution in [3.63, 3.8) is 0 Å². The molecule has 2 aromatic rings. The molecule has 0 aliphatic carbocycles. The second kappa shape index (κ2) is 8.19. The van der Waals surface area contributed by atoms with Gasteiger partial charge in [0, 0.05) is 51.2 Å². The van der Waals surface area contributed by atoms with Crippen molar-refractivity contribution in [3.05, 3.63) is 47.7 Å². The summed E-state index contributed by atoms with van der Waals surface area (Å²) < 4.78 is 4.76. The predicted octanol–water partition coefficient (Wildman–Crippen LogP) is 2.11. The first-order chi connectivity index (χ1) is 15.1. The first-order valence-corrected chi connectivity index (χ1v) is 10.8. The lowest BCUT2D eigenvalue weighted by Gasteiger charge is -2.36. The van der Waals surface area contributed by atoms with E-state index >= 15 is 0 Å². The van der Waals surface area contributed by atoms with Crippen LogP contribution in [0.5, 0.6) is 0 Å². The van der Waals surface area contributed by atoms with Gasteiger partial charge in [0.1, 0.15) is 6.04 Å². The second-order valence-electron chi connectivity index (χ2n) is 8.36. The van der Waals surface area contributed by atoms with Crippen LogP contribution in [-0.2, 0) is 16.1 Å². The largest absolute Gasteiger partial charge is 0.465 e. The van der Waals surface area contributed by atoms with Gasteiger partial charge in [0.05, 0.1) is 18.4 Å². The zero-order valence-electron chi connectivity index (χ0n) is 17.7. The Kier molecular flexibility index (Phi) is 5.23. The van der Waals surface area contributed by atoms with E-state index in [2.05, 4.69) is 26.1 Å². The molecular formula is C23H27N5O3. The summed E-state index contributed by atoms with van der Waals surface area (Å²) in [6, 6.07) is 9.59. The molecule has 162 valence electrons. The van der Waals surface area contributed by atoms with Crippen molar-refractivity contribution < 1.29 is 14.3 Å². The summed E-state index contributed by atoms with van der Waals surface area (Å²) in [5.41, 5.74) is 3.64. The van der Waals surface area contributed by atoms with Crippen LogP contribution in [0, 0.1) is 0 Å². The van der Waals surface area contributed by atoms with Crippen LogP contribution in [0.25, 0.3) is 0 Å². The average molecular weight is 422 g/mol. The molecule has 8 heteroatoms. The summed E-state index contributed by atoms with van der Waals surface area (Å²) in [6.07, 6.45) is 3.89. The van der Waals surface area contributed by atoms with Gasteiger partial charge in [-0.05, 0) is 48.7 Å². The third kappa shape index (κ3) is 3.83. The Morgan fingerprint density at radius 3 is 2.68 bits per heavy atom. The summed E-state index contributed by atoms with van der Waals surface area (Å²) in [6.45, 7) is 5.44. The minimum Gasteiger partial charge on any atom is -0.465 e. The fraction of sp³-hybridized carbons (Fsp3) is 0.435. The van der Waals surface area contributed by atoms with Crippen LogP contribution in [0.1, 0.15) is 28.8 Å². The number of methoxy groups -OCH3 is 1. The zero-order valence-corrected chi connectivity index (χ0v) is 17.7. The Labute approximate surface area is 181 Å². The van der Waals surface area contributed by atoms with E-state index in [4.69, 9.17) is 9.72 Å². The van der Waals surface area contributed by atoms with Crippen molar-refractivity contribution in [2.24, 2.45) is 0 Å². The van der Waals surface area contributed by atoms with Crippen molar-refractivity contribution >= 4 is 29.1 Å². The molecule has 5 rings (SSSR count). The van der Waals surface area contributed by atoms with Gasteiger partial charge in [-0.15, -0.1) is 0 Å². The molecule has 0 radical (unpaired) electrons. The Bertz CT molecular complexity index is 985. The zero-order chi connectivity index (χ0) is 21.4. The molecular weight excluding hydrogens is 394 g/mol. The molecule has 0 bridgehead atoms. The lowest BCUT2D eigenvalue weighted by atomic mass is 10.1. The molecule has 1 amide bonds. The summed E-state index contributed by atoms with van der Waals surface area (Å²) in [5.74, 6) is 0.688. The summed E-state index contributed by atoms with van der Waals surface area (Å²) in [7, 11) is 1.39. The highest BCUT2D eigenvalue weighted by Gasteiger charge is 2.37. The van der Waals surface area contributed by atoms with Crippen LogP contribution in [0.2, 0.25) is 0 Å². The minimum absolute atomic E-state index is 0.0550. The molecule has 31 heavy (non-hydrogen) atoms. The van der Waals surface area contributed by atoms with Gasteiger partial charge in [0.25, 0.3) is 0 Å². The molecule has 0 spiro atoms. The fourth-order valence-electron chi connectivity index (χ4n) is 4.77. The van der Waals surface area contributed by atoms with Gasteiger partial charge >= 0.3 is 5.97 Å². The molecule has 8 nitrogen and oxygen atoms in total. The van der Waals surface area contributed by atoms with E-state index < -0.39 is 0 Å². The van der Waals surface area contributed by atoms with Gasteiger partial charge in [0.15, 0.2) is 5.82 Å². The minimum atomic E-state index is -0.313. The second-order valence-corrected chi connectivity index (χ2v) is 8.36. The van der Waals surface area contributed by atoms with E-state index in [1.54, 1.807) is 0 Å².